The standard InChI is InChI=1S/C28H33NO12/c1-13(24(33)34)38-25(35)14(2)39-26(36)17(31)11-20(32)40-18-6-7-28(37)19-10-15-4-5-16(12-30)22-21(15)27(28,23(18)41-22)8-9-29(19)3/h4-6,13-14,17,19,23,30-31,37H,7-12H2,1-3H3,(H,33,34)/t13-,14-,17-,19+,23-,27-,28+/m0/s1. The number of carbonyl (C=O) groups excluding carboxylic acids is 3. The van der Waals surface area contributed by atoms with Gasteiger partial charge in [-0.15, -0.1) is 0 Å². The van der Waals surface area contributed by atoms with Gasteiger partial charge in [0.1, 0.15) is 11.5 Å². The van der Waals surface area contributed by atoms with Gasteiger partial charge in [-0.1, -0.05) is 12.1 Å². The minimum atomic E-state index is -1.98. The number of esters is 3. The fourth-order valence-corrected chi connectivity index (χ4v) is 6.67. The average molecular weight is 576 g/mol. The molecule has 0 unspecified atom stereocenters. The summed E-state index contributed by atoms with van der Waals surface area (Å²) in [6.45, 7) is 2.64. The summed E-state index contributed by atoms with van der Waals surface area (Å²) in [5.74, 6) is -4.19. The van der Waals surface area contributed by atoms with Crippen molar-refractivity contribution in [2.45, 2.75) is 87.6 Å². The molecule has 0 aromatic heterocycles. The normalized spacial score (nSPS) is 29.7. The SMILES string of the molecule is C[C@H](OC(=O)[C@H](C)OC(=O)[C@@H](O)CC(=O)OC1=CC[C@@]2(O)[C@H]3Cc4ccc(CO)c5c4[C@@]2(CCN3C)[C@H]1O5)C(=O)O. The van der Waals surface area contributed by atoms with Crippen molar-refractivity contribution in [1.29, 1.82) is 0 Å². The number of carboxylic acid groups (broad SMARTS) is 1. The van der Waals surface area contributed by atoms with Gasteiger partial charge < -0.3 is 44.3 Å². The highest BCUT2D eigenvalue weighted by atomic mass is 16.6. The zero-order valence-corrected chi connectivity index (χ0v) is 22.9. The van der Waals surface area contributed by atoms with E-state index in [0.717, 1.165) is 25.0 Å². The quantitative estimate of drug-likeness (QED) is 0.222. The first-order valence-corrected chi connectivity index (χ1v) is 13.4. The number of nitrogens with zero attached hydrogens (tertiary/aromatic N) is 1. The maximum atomic E-state index is 12.9. The zero-order valence-electron chi connectivity index (χ0n) is 22.9. The average Bonchev–Trinajstić information content (AvgIpc) is 3.27. The number of aliphatic hydroxyl groups excluding tert-OH is 2. The molecule has 1 spiro atoms. The van der Waals surface area contributed by atoms with Gasteiger partial charge in [-0.25, -0.2) is 14.4 Å². The lowest BCUT2D eigenvalue weighted by Gasteiger charge is -2.61. The molecule has 41 heavy (non-hydrogen) atoms. The van der Waals surface area contributed by atoms with Crippen LogP contribution < -0.4 is 4.74 Å². The number of hydrogen-bond donors (Lipinski definition) is 4. The highest BCUT2D eigenvalue weighted by Crippen LogP contribution is 2.64. The topological polar surface area (TPSA) is 189 Å². The van der Waals surface area contributed by atoms with E-state index in [1.165, 1.54) is 0 Å². The third-order valence-electron chi connectivity index (χ3n) is 8.76. The first kappa shape index (κ1) is 29.0. The fraction of sp³-hybridized carbons (Fsp3) is 0.571. The molecule has 0 radical (unpaired) electrons. The Bertz CT molecular complexity index is 1330. The molecule has 1 fully saturated rings. The van der Waals surface area contributed by atoms with Crippen molar-refractivity contribution in [2.24, 2.45) is 0 Å². The number of carboxylic acids is 1. The lowest BCUT2D eigenvalue weighted by Crippen LogP contribution is -2.74. The van der Waals surface area contributed by atoms with Gasteiger partial charge in [0.2, 0.25) is 0 Å². The molecule has 7 atom stereocenters. The van der Waals surface area contributed by atoms with E-state index in [4.69, 9.17) is 19.3 Å². The first-order valence-electron chi connectivity index (χ1n) is 13.4. The van der Waals surface area contributed by atoms with Crippen LogP contribution in [0.2, 0.25) is 0 Å². The van der Waals surface area contributed by atoms with Gasteiger partial charge >= 0.3 is 23.9 Å². The molecule has 13 heteroatoms. The van der Waals surface area contributed by atoms with E-state index in [1.807, 2.05) is 13.1 Å². The van der Waals surface area contributed by atoms with Crippen molar-refractivity contribution in [2.75, 3.05) is 13.6 Å². The van der Waals surface area contributed by atoms with E-state index in [0.29, 0.717) is 30.7 Å². The van der Waals surface area contributed by atoms with E-state index in [-0.39, 0.29) is 24.8 Å². The summed E-state index contributed by atoms with van der Waals surface area (Å²) in [6, 6.07) is 3.52. The van der Waals surface area contributed by atoms with E-state index in [2.05, 4.69) is 9.64 Å². The summed E-state index contributed by atoms with van der Waals surface area (Å²) in [6.07, 6.45) is -3.80. The van der Waals surface area contributed by atoms with Crippen LogP contribution in [0.4, 0.5) is 0 Å². The second kappa shape index (κ2) is 10.4. The van der Waals surface area contributed by atoms with Crippen LogP contribution in [0.3, 0.4) is 0 Å². The van der Waals surface area contributed by atoms with Crippen molar-refractivity contribution in [3.05, 3.63) is 40.7 Å². The van der Waals surface area contributed by atoms with Gasteiger partial charge in [0.15, 0.2) is 24.4 Å². The van der Waals surface area contributed by atoms with Gasteiger partial charge in [-0.2, -0.15) is 0 Å². The number of aliphatic carboxylic acids is 1. The molecule has 0 amide bonds. The third-order valence-corrected chi connectivity index (χ3v) is 8.76. The first-order chi connectivity index (χ1) is 19.3. The highest BCUT2D eigenvalue weighted by molar-refractivity contribution is 5.85. The molecular formula is C28H33NO12. The van der Waals surface area contributed by atoms with Gasteiger partial charge in [0, 0.05) is 23.6 Å². The van der Waals surface area contributed by atoms with Crippen molar-refractivity contribution >= 4 is 23.9 Å². The van der Waals surface area contributed by atoms with Gasteiger partial charge in [0.05, 0.1) is 24.0 Å². The predicted octanol–water partition coefficient (Wildman–Crippen LogP) is -0.301. The van der Waals surface area contributed by atoms with Crippen LogP contribution in [0.15, 0.2) is 24.0 Å². The molecule has 4 N–H and O–H groups in total. The number of piperidine rings is 1. The number of benzene rings is 1. The van der Waals surface area contributed by atoms with E-state index in [1.54, 1.807) is 12.1 Å². The second-order valence-corrected chi connectivity index (χ2v) is 11.1. The minimum Gasteiger partial charge on any atom is -0.481 e. The zero-order chi connectivity index (χ0) is 29.9. The molecule has 2 heterocycles. The molecule has 13 nitrogen and oxygen atoms in total. The van der Waals surface area contributed by atoms with Crippen LogP contribution in [-0.2, 0) is 51.8 Å². The molecule has 1 aromatic rings. The number of carbonyl (C=O) groups is 4. The number of likely N-dealkylation sites (tertiary alicyclic amines) is 1. The second-order valence-electron chi connectivity index (χ2n) is 11.1. The summed E-state index contributed by atoms with van der Waals surface area (Å²) in [7, 11) is 1.96. The minimum absolute atomic E-state index is 0.135. The van der Waals surface area contributed by atoms with Crippen LogP contribution in [0.25, 0.3) is 0 Å². The number of aliphatic hydroxyl groups is 3. The van der Waals surface area contributed by atoms with Gasteiger partial charge in [-0.05, 0) is 51.9 Å². The Kier molecular flexibility index (Phi) is 7.35. The Morgan fingerprint density at radius 1 is 1.15 bits per heavy atom. The number of ether oxygens (including phenoxy) is 4. The van der Waals surface area contributed by atoms with E-state index >= 15 is 0 Å². The van der Waals surface area contributed by atoms with Crippen LogP contribution in [0, 0.1) is 0 Å². The Morgan fingerprint density at radius 3 is 2.54 bits per heavy atom. The van der Waals surface area contributed by atoms with Gasteiger partial charge in [0.25, 0.3) is 0 Å². The fourth-order valence-electron chi connectivity index (χ4n) is 6.67. The lowest BCUT2D eigenvalue weighted by atomic mass is 9.50. The number of likely N-dealkylation sites (N-methyl/N-ethyl adjacent to an activating group) is 1. The van der Waals surface area contributed by atoms with Crippen molar-refractivity contribution in [3.8, 4) is 5.75 Å². The number of hydrogen-bond acceptors (Lipinski definition) is 12. The molecule has 2 aliphatic carbocycles. The van der Waals surface area contributed by atoms with Crippen molar-refractivity contribution in [1.82, 2.24) is 4.90 Å². The Morgan fingerprint density at radius 2 is 1.85 bits per heavy atom. The molecule has 0 saturated carbocycles. The number of rotatable bonds is 9. The van der Waals surface area contributed by atoms with Crippen LogP contribution in [0.5, 0.6) is 5.75 Å². The molecule has 1 saturated heterocycles. The Balaban J connectivity index is 1.31. The molecule has 222 valence electrons. The molecular weight excluding hydrogens is 542 g/mol. The highest BCUT2D eigenvalue weighted by Gasteiger charge is 2.71. The molecule has 2 bridgehead atoms. The Hall–Kier alpha value is -3.52. The van der Waals surface area contributed by atoms with Crippen LogP contribution in [-0.4, -0.2) is 98.9 Å². The predicted molar refractivity (Wildman–Crippen MR) is 136 cm³/mol. The van der Waals surface area contributed by atoms with Crippen molar-refractivity contribution in [3.63, 3.8) is 0 Å². The monoisotopic (exact) mass is 575 g/mol. The largest absolute Gasteiger partial charge is 0.481 e. The summed E-state index contributed by atoms with van der Waals surface area (Å²) < 4.78 is 21.4. The van der Waals surface area contributed by atoms with Crippen LogP contribution in [0.1, 0.15) is 49.8 Å². The molecule has 5 rings (SSSR count). The maximum absolute atomic E-state index is 12.9. The van der Waals surface area contributed by atoms with Crippen molar-refractivity contribution < 1.29 is 58.6 Å². The smallest absolute Gasteiger partial charge is 0.347 e. The van der Waals surface area contributed by atoms with Gasteiger partial charge in [-0.3, -0.25) is 4.79 Å². The summed E-state index contributed by atoms with van der Waals surface area (Å²) >= 11 is 0. The van der Waals surface area contributed by atoms with E-state index in [9.17, 15) is 34.5 Å². The maximum Gasteiger partial charge on any atom is 0.347 e. The molecule has 1 aromatic carbocycles. The Labute approximate surface area is 235 Å². The summed E-state index contributed by atoms with van der Waals surface area (Å²) in [5.41, 5.74) is 0.227. The van der Waals surface area contributed by atoms with E-state index < -0.39 is 65.7 Å². The molecule has 2 aliphatic heterocycles. The molecule has 4 aliphatic rings. The summed E-state index contributed by atoms with van der Waals surface area (Å²) in [4.78, 5) is 50.1. The van der Waals surface area contributed by atoms with Crippen LogP contribution >= 0.6 is 0 Å². The lowest BCUT2D eigenvalue weighted by molar-refractivity contribution is -0.179. The third kappa shape index (κ3) is 4.47. The summed E-state index contributed by atoms with van der Waals surface area (Å²) in [5, 5.41) is 41.3.